The van der Waals surface area contributed by atoms with Gasteiger partial charge in [-0.3, -0.25) is 10.9 Å². The molecule has 0 aromatic carbocycles. The van der Waals surface area contributed by atoms with Crippen molar-refractivity contribution in [2.24, 2.45) is 5.92 Å². The highest BCUT2D eigenvalue weighted by molar-refractivity contribution is 6.43. The van der Waals surface area contributed by atoms with Crippen LogP contribution in [0.5, 0.6) is 0 Å². The van der Waals surface area contributed by atoms with Crippen LogP contribution in [0, 0.1) is 5.92 Å². The van der Waals surface area contributed by atoms with Gasteiger partial charge in [-0.25, -0.2) is 0 Å². The molecule has 0 amide bonds. The molecular weight excluding hydrogens is 190 g/mol. The molecule has 2 fully saturated rings. The molecule has 1 saturated carbocycles. The average molecular weight is 206 g/mol. The van der Waals surface area contributed by atoms with Gasteiger partial charge in [0.15, 0.2) is 0 Å². The van der Waals surface area contributed by atoms with Gasteiger partial charge < -0.3 is 10.0 Å². The van der Waals surface area contributed by atoms with Gasteiger partial charge >= 0.3 is 7.12 Å². The Balaban J connectivity index is 0.000000845. The summed E-state index contributed by atoms with van der Waals surface area (Å²) in [6, 6.07) is 0.450. The number of fused-ring (bicyclic) bond motifs is 1. The average Bonchev–Trinajstić information content (AvgIpc) is 2.49. The van der Waals surface area contributed by atoms with Crippen molar-refractivity contribution in [3.05, 3.63) is 0 Å². The van der Waals surface area contributed by atoms with Gasteiger partial charge in [-0.15, -0.1) is 12.4 Å². The zero-order valence-electron chi connectivity index (χ0n) is 7.44. The molecule has 0 radical (unpaired) electrons. The van der Waals surface area contributed by atoms with Crippen molar-refractivity contribution in [2.75, 3.05) is 6.54 Å². The first-order chi connectivity index (χ1) is 5.79. The van der Waals surface area contributed by atoms with E-state index in [9.17, 15) is 0 Å². The third kappa shape index (κ3) is 2.17. The van der Waals surface area contributed by atoms with E-state index < -0.39 is 7.12 Å². The highest BCUT2D eigenvalue weighted by Gasteiger charge is 2.41. The lowest BCUT2D eigenvalue weighted by Gasteiger charge is -2.31. The highest BCUT2D eigenvalue weighted by Crippen LogP contribution is 2.36. The van der Waals surface area contributed by atoms with Crippen molar-refractivity contribution in [1.29, 1.82) is 0 Å². The van der Waals surface area contributed by atoms with E-state index in [4.69, 9.17) is 10.0 Å². The van der Waals surface area contributed by atoms with Gasteiger partial charge in [-0.2, -0.15) is 0 Å². The van der Waals surface area contributed by atoms with Crippen molar-refractivity contribution < 1.29 is 10.0 Å². The predicted octanol–water partition coefficient (Wildman–Crippen LogP) is -0.472. The van der Waals surface area contributed by atoms with Crippen LogP contribution in [0.1, 0.15) is 19.3 Å². The normalized spacial score (nSPS) is 37.8. The van der Waals surface area contributed by atoms with Crippen LogP contribution in [-0.4, -0.2) is 29.8 Å². The van der Waals surface area contributed by atoms with Gasteiger partial charge in [-0.05, 0) is 18.2 Å². The lowest BCUT2D eigenvalue weighted by Crippen LogP contribution is -2.39. The fraction of sp³-hybridized carbons (Fsp3) is 1.00. The second kappa shape index (κ2) is 4.62. The van der Waals surface area contributed by atoms with Crippen molar-refractivity contribution in [3.63, 3.8) is 0 Å². The van der Waals surface area contributed by atoms with Gasteiger partial charge in [0, 0.05) is 12.6 Å². The summed E-state index contributed by atoms with van der Waals surface area (Å²) in [7, 11) is -1.14. The van der Waals surface area contributed by atoms with E-state index in [1.54, 1.807) is 0 Å². The Morgan fingerprint density at radius 2 is 2.00 bits per heavy atom. The van der Waals surface area contributed by atoms with E-state index >= 15 is 0 Å². The molecule has 1 aliphatic carbocycles. The lowest BCUT2D eigenvalue weighted by molar-refractivity contribution is 0.278. The SMILES string of the molecule is Cl.OB(O)C1CCCC2NNCC21. The topological polar surface area (TPSA) is 64.5 Å². The van der Waals surface area contributed by atoms with Crippen molar-refractivity contribution in [2.45, 2.75) is 31.1 Å². The van der Waals surface area contributed by atoms with Crippen molar-refractivity contribution >= 4 is 19.5 Å². The smallest absolute Gasteiger partial charge is 0.427 e. The number of hydrazine groups is 1. The van der Waals surface area contributed by atoms with Crippen molar-refractivity contribution in [1.82, 2.24) is 10.9 Å². The summed E-state index contributed by atoms with van der Waals surface area (Å²) in [5, 5.41) is 18.2. The van der Waals surface area contributed by atoms with Crippen LogP contribution in [0.25, 0.3) is 0 Å². The summed E-state index contributed by atoms with van der Waals surface area (Å²) in [6.45, 7) is 0.868. The maximum atomic E-state index is 9.12. The first-order valence-electron chi connectivity index (χ1n) is 4.63. The third-order valence-corrected chi connectivity index (χ3v) is 3.13. The molecular formula is C7H16BClN2O2. The van der Waals surface area contributed by atoms with Crippen LogP contribution in [0.2, 0.25) is 5.82 Å². The molecule has 2 aliphatic rings. The highest BCUT2D eigenvalue weighted by atomic mass is 35.5. The maximum absolute atomic E-state index is 9.12. The molecule has 4 N–H and O–H groups in total. The Kier molecular flexibility index (Phi) is 4.00. The number of halogens is 1. The Hall–Kier alpha value is 0.195. The van der Waals surface area contributed by atoms with E-state index in [0.717, 1.165) is 25.8 Å². The Morgan fingerprint density at radius 3 is 2.69 bits per heavy atom. The summed E-state index contributed by atoms with van der Waals surface area (Å²) in [6.07, 6.45) is 3.20. The van der Waals surface area contributed by atoms with Crippen LogP contribution in [0.15, 0.2) is 0 Å². The van der Waals surface area contributed by atoms with Gasteiger partial charge in [0.2, 0.25) is 0 Å². The molecule has 0 aromatic heterocycles. The summed E-state index contributed by atoms with van der Waals surface area (Å²) >= 11 is 0. The number of hydrogen-bond donors (Lipinski definition) is 4. The Bertz CT molecular complexity index is 173. The summed E-state index contributed by atoms with van der Waals surface area (Å²) < 4.78 is 0. The predicted molar refractivity (Wildman–Crippen MR) is 53.5 cm³/mol. The first kappa shape index (κ1) is 11.3. The van der Waals surface area contributed by atoms with Gasteiger partial charge in [0.1, 0.15) is 0 Å². The van der Waals surface area contributed by atoms with E-state index in [1.165, 1.54) is 0 Å². The maximum Gasteiger partial charge on any atom is 0.455 e. The first-order valence-corrected chi connectivity index (χ1v) is 4.63. The van der Waals surface area contributed by atoms with Crippen LogP contribution in [0.3, 0.4) is 0 Å². The molecule has 0 bridgehead atoms. The quantitative estimate of drug-likeness (QED) is 0.438. The molecule has 4 nitrogen and oxygen atoms in total. The summed E-state index contributed by atoms with van der Waals surface area (Å²) in [4.78, 5) is 0. The molecule has 0 aromatic rings. The van der Waals surface area contributed by atoms with Crippen LogP contribution >= 0.6 is 12.4 Å². The van der Waals surface area contributed by atoms with E-state index in [0.29, 0.717) is 12.0 Å². The third-order valence-electron chi connectivity index (χ3n) is 3.13. The Morgan fingerprint density at radius 1 is 1.23 bits per heavy atom. The molecule has 13 heavy (non-hydrogen) atoms. The Labute approximate surface area is 84.6 Å². The number of nitrogens with one attached hydrogen (secondary N) is 2. The van der Waals surface area contributed by atoms with Crippen LogP contribution in [0.4, 0.5) is 0 Å². The molecule has 1 aliphatic heterocycles. The van der Waals surface area contributed by atoms with Crippen LogP contribution in [-0.2, 0) is 0 Å². The fourth-order valence-corrected chi connectivity index (χ4v) is 2.45. The van der Waals surface area contributed by atoms with Crippen molar-refractivity contribution in [3.8, 4) is 0 Å². The monoisotopic (exact) mass is 206 g/mol. The fourth-order valence-electron chi connectivity index (χ4n) is 2.45. The molecule has 2 rings (SSSR count). The molecule has 1 saturated heterocycles. The van der Waals surface area contributed by atoms with Gasteiger partial charge in [-0.1, -0.05) is 12.8 Å². The lowest BCUT2D eigenvalue weighted by atomic mass is 9.59. The molecule has 6 heteroatoms. The molecule has 76 valence electrons. The molecule has 1 heterocycles. The van der Waals surface area contributed by atoms with Crippen LogP contribution < -0.4 is 10.9 Å². The minimum absolute atomic E-state index is 0. The zero-order chi connectivity index (χ0) is 8.55. The van der Waals surface area contributed by atoms with Gasteiger partial charge in [0.25, 0.3) is 0 Å². The summed E-state index contributed by atoms with van der Waals surface area (Å²) in [5.74, 6) is 0.463. The van der Waals surface area contributed by atoms with Gasteiger partial charge in [0.05, 0.1) is 0 Å². The minimum Gasteiger partial charge on any atom is -0.427 e. The second-order valence-corrected chi connectivity index (χ2v) is 3.80. The second-order valence-electron chi connectivity index (χ2n) is 3.80. The molecule has 3 atom stereocenters. The van der Waals surface area contributed by atoms with E-state index in [1.807, 2.05) is 0 Å². The number of hydrogen-bond acceptors (Lipinski definition) is 4. The zero-order valence-corrected chi connectivity index (χ0v) is 8.26. The van der Waals surface area contributed by atoms with E-state index in [-0.39, 0.29) is 18.2 Å². The number of rotatable bonds is 1. The molecule has 0 spiro atoms. The standard InChI is InChI=1S/C7H15BN2O2.ClH/c11-8(12)6-2-1-3-7-5(6)4-9-10-7;/h5-7,9-12H,1-4H2;1H. The minimum atomic E-state index is -1.14. The summed E-state index contributed by atoms with van der Waals surface area (Å²) in [5.41, 5.74) is 6.25. The van der Waals surface area contributed by atoms with E-state index in [2.05, 4.69) is 10.9 Å². The molecule has 3 unspecified atom stereocenters. The largest absolute Gasteiger partial charge is 0.455 e.